The van der Waals surface area contributed by atoms with Crippen LogP contribution in [0.25, 0.3) is 0 Å². The van der Waals surface area contributed by atoms with Gasteiger partial charge >= 0.3 is 0 Å². The predicted octanol–water partition coefficient (Wildman–Crippen LogP) is 2.29. The number of rotatable bonds is 7. The molecule has 0 aliphatic rings. The molecule has 0 saturated heterocycles. The van der Waals surface area contributed by atoms with E-state index in [0.29, 0.717) is 18.5 Å². The van der Waals surface area contributed by atoms with E-state index >= 15 is 0 Å². The van der Waals surface area contributed by atoms with E-state index in [4.69, 9.17) is 4.74 Å². The van der Waals surface area contributed by atoms with Gasteiger partial charge in [0.25, 0.3) is 0 Å². The fourth-order valence-electron chi connectivity index (χ4n) is 1.63. The van der Waals surface area contributed by atoms with E-state index in [1.807, 2.05) is 6.07 Å². The number of hydrogen-bond donors (Lipinski definition) is 1. The molecule has 18 heavy (non-hydrogen) atoms. The number of methoxy groups -OCH3 is 1. The molecule has 0 saturated carbocycles. The number of nitrogens with zero attached hydrogens (tertiary/aromatic N) is 3. The summed E-state index contributed by atoms with van der Waals surface area (Å²) >= 11 is 0. The molecule has 1 unspecified atom stereocenters. The lowest BCUT2D eigenvalue weighted by Gasteiger charge is -2.25. The summed E-state index contributed by atoms with van der Waals surface area (Å²) in [4.78, 5) is 11.1. The summed E-state index contributed by atoms with van der Waals surface area (Å²) in [5.74, 6) is 2.49. The van der Waals surface area contributed by atoms with E-state index in [1.165, 1.54) is 0 Å². The van der Waals surface area contributed by atoms with Crippen molar-refractivity contribution >= 4 is 11.6 Å². The Kier molecular flexibility index (Phi) is 5.85. The Morgan fingerprint density at radius 3 is 2.67 bits per heavy atom. The maximum Gasteiger partial charge on any atom is 0.158 e. The van der Waals surface area contributed by atoms with Gasteiger partial charge in [-0.15, -0.1) is 0 Å². The second-order valence-corrected chi connectivity index (χ2v) is 4.36. The molecule has 1 aromatic rings. The molecule has 0 fully saturated rings. The standard InChI is InChI=1S/C13H24N4O/c1-6-10(3)17(4)13-8-11(14-7-2)15-12(16-13)9-18-5/h8,10H,6-7,9H2,1-5H3,(H,14,15,16). The lowest BCUT2D eigenvalue weighted by molar-refractivity contribution is 0.178. The number of hydrogen-bond acceptors (Lipinski definition) is 5. The highest BCUT2D eigenvalue weighted by Crippen LogP contribution is 2.18. The van der Waals surface area contributed by atoms with Gasteiger partial charge in [0.2, 0.25) is 0 Å². The zero-order valence-electron chi connectivity index (χ0n) is 12.0. The maximum absolute atomic E-state index is 5.11. The smallest absolute Gasteiger partial charge is 0.158 e. The predicted molar refractivity (Wildman–Crippen MR) is 75.1 cm³/mol. The third kappa shape index (κ3) is 3.84. The van der Waals surface area contributed by atoms with Crippen molar-refractivity contribution in [2.75, 3.05) is 30.9 Å². The summed E-state index contributed by atoms with van der Waals surface area (Å²) < 4.78 is 5.11. The molecule has 0 aliphatic carbocycles. The summed E-state index contributed by atoms with van der Waals surface area (Å²) in [6, 6.07) is 2.43. The van der Waals surface area contributed by atoms with Crippen LogP contribution in [0.3, 0.4) is 0 Å². The van der Waals surface area contributed by atoms with E-state index in [1.54, 1.807) is 7.11 Å². The van der Waals surface area contributed by atoms with Crippen molar-refractivity contribution in [3.05, 3.63) is 11.9 Å². The van der Waals surface area contributed by atoms with E-state index < -0.39 is 0 Å². The van der Waals surface area contributed by atoms with Gasteiger partial charge in [-0.05, 0) is 20.3 Å². The highest BCUT2D eigenvalue weighted by atomic mass is 16.5. The molecule has 1 rings (SSSR count). The molecular formula is C13H24N4O. The zero-order valence-corrected chi connectivity index (χ0v) is 12.0. The topological polar surface area (TPSA) is 50.3 Å². The highest BCUT2D eigenvalue weighted by molar-refractivity contribution is 5.49. The fourth-order valence-corrected chi connectivity index (χ4v) is 1.63. The van der Waals surface area contributed by atoms with Crippen LogP contribution in [0.15, 0.2) is 6.07 Å². The molecule has 0 spiro atoms. The van der Waals surface area contributed by atoms with Crippen molar-refractivity contribution in [1.82, 2.24) is 9.97 Å². The first-order chi connectivity index (χ1) is 8.62. The van der Waals surface area contributed by atoms with Crippen LogP contribution in [-0.2, 0) is 11.3 Å². The second kappa shape index (κ2) is 7.16. The van der Waals surface area contributed by atoms with Crippen LogP contribution in [0.1, 0.15) is 33.0 Å². The number of nitrogens with one attached hydrogen (secondary N) is 1. The van der Waals surface area contributed by atoms with Gasteiger partial charge in [0, 0.05) is 32.8 Å². The first-order valence-electron chi connectivity index (χ1n) is 6.45. The molecule has 0 amide bonds. The van der Waals surface area contributed by atoms with Crippen molar-refractivity contribution < 1.29 is 4.74 Å². The van der Waals surface area contributed by atoms with Crippen LogP contribution in [0.2, 0.25) is 0 Å². The molecule has 1 heterocycles. The number of ether oxygens (including phenoxy) is 1. The first kappa shape index (κ1) is 14.7. The van der Waals surface area contributed by atoms with E-state index in [9.17, 15) is 0 Å². The van der Waals surface area contributed by atoms with Gasteiger partial charge in [-0.2, -0.15) is 0 Å². The van der Waals surface area contributed by atoms with Gasteiger partial charge in [0.05, 0.1) is 0 Å². The third-order valence-electron chi connectivity index (χ3n) is 3.00. The molecule has 1 N–H and O–H groups in total. The van der Waals surface area contributed by atoms with Crippen molar-refractivity contribution in [3.8, 4) is 0 Å². The van der Waals surface area contributed by atoms with E-state index in [-0.39, 0.29) is 0 Å². The summed E-state index contributed by atoms with van der Waals surface area (Å²) in [5, 5.41) is 3.23. The molecule has 0 bridgehead atoms. The molecule has 1 atom stereocenters. The summed E-state index contributed by atoms with van der Waals surface area (Å²) in [6.07, 6.45) is 1.08. The van der Waals surface area contributed by atoms with Crippen LogP contribution in [0.4, 0.5) is 11.6 Å². The minimum atomic E-state index is 0.431. The van der Waals surface area contributed by atoms with Gasteiger partial charge in [-0.25, -0.2) is 9.97 Å². The second-order valence-electron chi connectivity index (χ2n) is 4.36. The minimum Gasteiger partial charge on any atom is -0.377 e. The molecule has 5 heteroatoms. The third-order valence-corrected chi connectivity index (χ3v) is 3.00. The summed E-state index contributed by atoms with van der Waals surface area (Å²) in [5.41, 5.74) is 0. The van der Waals surface area contributed by atoms with Gasteiger partial charge in [0.15, 0.2) is 5.82 Å². The van der Waals surface area contributed by atoms with Gasteiger partial charge in [-0.3, -0.25) is 0 Å². The quantitative estimate of drug-likeness (QED) is 0.807. The lowest BCUT2D eigenvalue weighted by Crippen LogP contribution is -2.29. The largest absolute Gasteiger partial charge is 0.377 e. The Hall–Kier alpha value is -1.36. The summed E-state index contributed by atoms with van der Waals surface area (Å²) in [7, 11) is 3.71. The molecule has 5 nitrogen and oxygen atoms in total. The first-order valence-corrected chi connectivity index (χ1v) is 6.45. The van der Waals surface area contributed by atoms with Crippen LogP contribution in [0.5, 0.6) is 0 Å². The minimum absolute atomic E-state index is 0.431. The van der Waals surface area contributed by atoms with Crippen molar-refractivity contribution in [2.45, 2.75) is 39.8 Å². The molecule has 102 valence electrons. The fraction of sp³-hybridized carbons (Fsp3) is 0.692. The van der Waals surface area contributed by atoms with E-state index in [0.717, 1.165) is 24.6 Å². The van der Waals surface area contributed by atoms with Crippen molar-refractivity contribution in [3.63, 3.8) is 0 Å². The Labute approximate surface area is 110 Å². The average Bonchev–Trinajstić information content (AvgIpc) is 2.37. The Morgan fingerprint density at radius 2 is 2.11 bits per heavy atom. The highest BCUT2D eigenvalue weighted by Gasteiger charge is 2.12. The molecule has 0 aliphatic heterocycles. The molecule has 0 radical (unpaired) electrons. The maximum atomic E-state index is 5.11. The van der Waals surface area contributed by atoms with E-state index in [2.05, 4.69) is 48.0 Å². The SMILES string of the molecule is CCNc1cc(N(C)C(C)CC)nc(COC)n1. The average molecular weight is 252 g/mol. The monoisotopic (exact) mass is 252 g/mol. The molecule has 1 aromatic heterocycles. The normalized spacial score (nSPS) is 12.3. The number of anilines is 2. The summed E-state index contributed by atoms with van der Waals surface area (Å²) in [6.45, 7) is 7.68. The zero-order chi connectivity index (χ0) is 13.5. The Bertz CT molecular complexity index is 346. The Balaban J connectivity index is 3.01. The molecule has 0 aromatic carbocycles. The van der Waals surface area contributed by atoms with Crippen molar-refractivity contribution in [2.24, 2.45) is 0 Å². The van der Waals surface area contributed by atoms with Crippen LogP contribution >= 0.6 is 0 Å². The molecular weight excluding hydrogens is 228 g/mol. The lowest BCUT2D eigenvalue weighted by atomic mass is 10.2. The van der Waals surface area contributed by atoms with Gasteiger partial charge in [0.1, 0.15) is 18.2 Å². The Morgan fingerprint density at radius 1 is 1.39 bits per heavy atom. The van der Waals surface area contributed by atoms with Crippen LogP contribution in [0, 0.1) is 0 Å². The van der Waals surface area contributed by atoms with Gasteiger partial charge in [-0.1, -0.05) is 6.92 Å². The van der Waals surface area contributed by atoms with Crippen LogP contribution < -0.4 is 10.2 Å². The number of aromatic nitrogens is 2. The van der Waals surface area contributed by atoms with Gasteiger partial charge < -0.3 is 15.0 Å². The van der Waals surface area contributed by atoms with Crippen molar-refractivity contribution in [1.29, 1.82) is 0 Å². The van der Waals surface area contributed by atoms with Crippen LogP contribution in [-0.4, -0.2) is 36.7 Å².